The standard InChI is InChI=1S/C23H19N3O3S/c1-29-18-11-12-19-20(13-18)26-23(25-19)30-14-21(27)15-7-9-17(10-8-15)24-22(28)16-5-3-2-4-6-16/h2-13H,14H2,1H3,(H,24,28)(H,25,26). The molecule has 4 aromatic rings. The van der Waals surface area contributed by atoms with Gasteiger partial charge in [-0.2, -0.15) is 0 Å². The van der Waals surface area contributed by atoms with Gasteiger partial charge in [0.25, 0.3) is 5.91 Å². The number of anilines is 1. The maximum absolute atomic E-state index is 12.5. The molecule has 0 aliphatic rings. The van der Waals surface area contributed by atoms with E-state index in [1.165, 1.54) is 11.8 Å². The minimum atomic E-state index is -0.188. The number of nitrogens with zero attached hydrogens (tertiary/aromatic N) is 1. The Balaban J connectivity index is 1.36. The first kappa shape index (κ1) is 19.7. The molecule has 0 atom stereocenters. The van der Waals surface area contributed by atoms with Gasteiger partial charge in [0.05, 0.1) is 23.9 Å². The van der Waals surface area contributed by atoms with E-state index in [1.807, 2.05) is 36.4 Å². The number of nitrogens with one attached hydrogen (secondary N) is 2. The Morgan fingerprint density at radius 1 is 1.00 bits per heavy atom. The molecular weight excluding hydrogens is 398 g/mol. The number of hydrogen-bond acceptors (Lipinski definition) is 5. The van der Waals surface area contributed by atoms with Crippen molar-refractivity contribution < 1.29 is 14.3 Å². The van der Waals surface area contributed by atoms with Gasteiger partial charge in [-0.05, 0) is 48.5 Å². The van der Waals surface area contributed by atoms with Crippen LogP contribution in [0.25, 0.3) is 11.0 Å². The van der Waals surface area contributed by atoms with Crippen LogP contribution in [0, 0.1) is 0 Å². The van der Waals surface area contributed by atoms with E-state index in [4.69, 9.17) is 4.74 Å². The fraction of sp³-hybridized carbons (Fsp3) is 0.0870. The van der Waals surface area contributed by atoms with E-state index in [1.54, 1.807) is 43.5 Å². The van der Waals surface area contributed by atoms with Crippen LogP contribution in [-0.2, 0) is 0 Å². The van der Waals surface area contributed by atoms with Crippen molar-refractivity contribution in [2.45, 2.75) is 5.16 Å². The van der Waals surface area contributed by atoms with Crippen LogP contribution in [0.5, 0.6) is 5.75 Å². The Labute approximate surface area is 177 Å². The van der Waals surface area contributed by atoms with E-state index in [0.717, 1.165) is 16.8 Å². The Bertz CT molecular complexity index is 1190. The molecular formula is C23H19N3O3S. The van der Waals surface area contributed by atoms with Gasteiger partial charge >= 0.3 is 0 Å². The number of carbonyl (C=O) groups excluding carboxylic acids is 2. The predicted octanol–water partition coefficient (Wildman–Crippen LogP) is 4.80. The molecule has 0 aliphatic carbocycles. The first-order chi connectivity index (χ1) is 14.6. The van der Waals surface area contributed by atoms with Crippen LogP contribution in [0.3, 0.4) is 0 Å². The Morgan fingerprint density at radius 3 is 2.50 bits per heavy atom. The summed E-state index contributed by atoms with van der Waals surface area (Å²) in [5, 5.41) is 3.50. The van der Waals surface area contributed by atoms with E-state index in [9.17, 15) is 9.59 Å². The number of H-pyrrole nitrogens is 1. The number of ether oxygens (including phenoxy) is 1. The van der Waals surface area contributed by atoms with Crippen molar-refractivity contribution in [3.05, 3.63) is 83.9 Å². The summed E-state index contributed by atoms with van der Waals surface area (Å²) in [6.45, 7) is 0. The average Bonchev–Trinajstić information content (AvgIpc) is 3.20. The number of imidazole rings is 1. The molecule has 1 heterocycles. The molecule has 30 heavy (non-hydrogen) atoms. The molecule has 0 bridgehead atoms. The fourth-order valence-electron chi connectivity index (χ4n) is 2.91. The molecule has 0 unspecified atom stereocenters. The summed E-state index contributed by atoms with van der Waals surface area (Å²) < 4.78 is 5.21. The predicted molar refractivity (Wildman–Crippen MR) is 119 cm³/mol. The highest BCUT2D eigenvalue weighted by atomic mass is 32.2. The summed E-state index contributed by atoms with van der Waals surface area (Å²) in [6.07, 6.45) is 0. The van der Waals surface area contributed by atoms with Gasteiger partial charge in [-0.25, -0.2) is 4.98 Å². The van der Waals surface area contributed by atoms with E-state index in [-0.39, 0.29) is 17.4 Å². The summed E-state index contributed by atoms with van der Waals surface area (Å²) in [5.41, 5.74) is 3.49. The third kappa shape index (κ3) is 4.52. The number of methoxy groups -OCH3 is 1. The molecule has 0 saturated carbocycles. The molecule has 4 rings (SSSR count). The number of hydrogen-bond donors (Lipinski definition) is 2. The number of Topliss-reactive ketones (excluding diaryl/α,β-unsaturated/α-hetero) is 1. The highest BCUT2D eigenvalue weighted by molar-refractivity contribution is 7.99. The lowest BCUT2D eigenvalue weighted by molar-refractivity contribution is 0.101. The van der Waals surface area contributed by atoms with Crippen LogP contribution < -0.4 is 10.1 Å². The van der Waals surface area contributed by atoms with Crippen LogP contribution in [-0.4, -0.2) is 34.5 Å². The average molecular weight is 417 g/mol. The fourth-order valence-corrected chi connectivity index (χ4v) is 3.69. The SMILES string of the molecule is COc1ccc2nc(SCC(=O)c3ccc(NC(=O)c4ccccc4)cc3)[nH]c2c1. The molecule has 7 heteroatoms. The second-order valence-electron chi connectivity index (χ2n) is 6.53. The van der Waals surface area contributed by atoms with Crippen LogP contribution in [0.1, 0.15) is 20.7 Å². The number of amides is 1. The number of fused-ring (bicyclic) bond motifs is 1. The number of rotatable bonds is 7. The summed E-state index contributed by atoms with van der Waals surface area (Å²) in [4.78, 5) is 32.4. The van der Waals surface area contributed by atoms with Crippen molar-refractivity contribution in [3.8, 4) is 5.75 Å². The molecule has 0 radical (unpaired) electrons. The van der Waals surface area contributed by atoms with Crippen molar-refractivity contribution >= 4 is 40.2 Å². The monoisotopic (exact) mass is 417 g/mol. The maximum Gasteiger partial charge on any atom is 0.255 e. The molecule has 2 N–H and O–H groups in total. The highest BCUT2D eigenvalue weighted by Gasteiger charge is 2.11. The first-order valence-corrected chi connectivity index (χ1v) is 10.3. The Kier molecular flexibility index (Phi) is 5.81. The number of benzene rings is 3. The molecule has 1 aromatic heterocycles. The minimum absolute atomic E-state index is 0.0148. The van der Waals surface area contributed by atoms with Crippen LogP contribution in [0.15, 0.2) is 78.0 Å². The summed E-state index contributed by atoms with van der Waals surface area (Å²) >= 11 is 1.35. The van der Waals surface area contributed by atoms with E-state index < -0.39 is 0 Å². The van der Waals surface area contributed by atoms with Crippen LogP contribution in [0.4, 0.5) is 5.69 Å². The van der Waals surface area contributed by atoms with Gasteiger partial charge in [0.1, 0.15) is 5.75 Å². The number of aromatic nitrogens is 2. The molecule has 0 spiro atoms. The van der Waals surface area contributed by atoms with Gasteiger partial charge < -0.3 is 15.0 Å². The van der Waals surface area contributed by atoms with Crippen molar-refractivity contribution in [1.82, 2.24) is 9.97 Å². The number of carbonyl (C=O) groups is 2. The second kappa shape index (κ2) is 8.84. The van der Waals surface area contributed by atoms with Crippen molar-refractivity contribution in [2.24, 2.45) is 0 Å². The zero-order chi connectivity index (χ0) is 20.9. The van der Waals surface area contributed by atoms with E-state index in [0.29, 0.717) is 22.0 Å². The smallest absolute Gasteiger partial charge is 0.255 e. The third-order valence-corrected chi connectivity index (χ3v) is 5.38. The Morgan fingerprint density at radius 2 is 1.77 bits per heavy atom. The molecule has 150 valence electrons. The lowest BCUT2D eigenvalue weighted by Gasteiger charge is -2.06. The normalized spacial score (nSPS) is 10.7. The van der Waals surface area contributed by atoms with E-state index in [2.05, 4.69) is 15.3 Å². The lowest BCUT2D eigenvalue weighted by atomic mass is 10.1. The number of ketones is 1. The second-order valence-corrected chi connectivity index (χ2v) is 7.50. The van der Waals surface area contributed by atoms with Gasteiger partial charge in [-0.15, -0.1) is 0 Å². The zero-order valence-electron chi connectivity index (χ0n) is 16.2. The minimum Gasteiger partial charge on any atom is -0.497 e. The topological polar surface area (TPSA) is 84.1 Å². The van der Waals surface area contributed by atoms with Crippen LogP contribution >= 0.6 is 11.8 Å². The summed E-state index contributed by atoms with van der Waals surface area (Å²) in [7, 11) is 1.62. The van der Waals surface area contributed by atoms with E-state index >= 15 is 0 Å². The first-order valence-electron chi connectivity index (χ1n) is 9.28. The van der Waals surface area contributed by atoms with Crippen molar-refractivity contribution in [2.75, 3.05) is 18.2 Å². The van der Waals surface area contributed by atoms with Gasteiger partial charge in [-0.1, -0.05) is 30.0 Å². The molecule has 0 fully saturated rings. The summed E-state index contributed by atoms with van der Waals surface area (Å²) in [5.74, 6) is 0.802. The number of aromatic amines is 1. The molecule has 6 nitrogen and oxygen atoms in total. The molecule has 1 amide bonds. The third-order valence-electron chi connectivity index (χ3n) is 4.51. The van der Waals surface area contributed by atoms with Gasteiger partial charge in [-0.3, -0.25) is 9.59 Å². The van der Waals surface area contributed by atoms with Gasteiger partial charge in [0.15, 0.2) is 10.9 Å². The maximum atomic E-state index is 12.5. The zero-order valence-corrected chi connectivity index (χ0v) is 17.0. The van der Waals surface area contributed by atoms with Gasteiger partial charge in [0, 0.05) is 22.9 Å². The molecule has 0 aliphatic heterocycles. The number of thioether (sulfide) groups is 1. The Hall–Kier alpha value is -3.58. The largest absolute Gasteiger partial charge is 0.497 e. The molecule has 0 saturated heterocycles. The van der Waals surface area contributed by atoms with Crippen molar-refractivity contribution in [3.63, 3.8) is 0 Å². The quantitative estimate of drug-likeness (QED) is 0.333. The lowest BCUT2D eigenvalue weighted by Crippen LogP contribution is -2.11. The highest BCUT2D eigenvalue weighted by Crippen LogP contribution is 2.24. The van der Waals surface area contributed by atoms with Gasteiger partial charge in [0.2, 0.25) is 0 Å². The van der Waals surface area contributed by atoms with Crippen LogP contribution in [0.2, 0.25) is 0 Å². The summed E-state index contributed by atoms with van der Waals surface area (Å²) in [6, 6.07) is 21.5. The molecule has 3 aromatic carbocycles. The van der Waals surface area contributed by atoms with Crippen molar-refractivity contribution in [1.29, 1.82) is 0 Å².